The summed E-state index contributed by atoms with van der Waals surface area (Å²) in [5, 5.41) is 0. The average molecular weight is 258 g/mol. The van der Waals surface area contributed by atoms with Crippen molar-refractivity contribution in [3.05, 3.63) is 35.4 Å². The molecule has 0 saturated heterocycles. The molecule has 0 aromatic heterocycles. The Balaban J connectivity index is 3.25. The molecule has 0 unspecified atom stereocenters. The number of rotatable bonds is 1. The van der Waals surface area contributed by atoms with E-state index < -0.39 is 23.2 Å². The Labute approximate surface area is 93.4 Å². The number of halogens is 5. The molecule has 82 valence electrons. The van der Waals surface area contributed by atoms with E-state index in [2.05, 4.69) is 0 Å². The maximum atomic E-state index is 12.4. The van der Waals surface area contributed by atoms with E-state index in [4.69, 9.17) is 23.6 Å². The summed E-state index contributed by atoms with van der Waals surface area (Å²) in [6.07, 6.45) is -4.62. The Morgan fingerprint density at radius 3 is 2.20 bits per heavy atom. The van der Waals surface area contributed by atoms with E-state index in [0.29, 0.717) is 0 Å². The minimum atomic E-state index is -4.62. The second-order valence-electron chi connectivity index (χ2n) is 2.58. The van der Waals surface area contributed by atoms with E-state index in [0.717, 1.165) is 12.1 Å². The first-order chi connectivity index (χ1) is 6.84. The van der Waals surface area contributed by atoms with Crippen LogP contribution in [0.3, 0.4) is 0 Å². The van der Waals surface area contributed by atoms with Gasteiger partial charge in [-0.15, -0.1) is 0 Å². The highest BCUT2D eigenvalue weighted by Crippen LogP contribution is 2.32. The fourth-order valence-corrected chi connectivity index (χ4v) is 1.19. The van der Waals surface area contributed by atoms with Gasteiger partial charge < -0.3 is 0 Å². The molecule has 1 rings (SSSR count). The Kier molecular flexibility index (Phi) is 3.46. The summed E-state index contributed by atoms with van der Waals surface area (Å²) in [5.74, 6) is -1.12. The fourth-order valence-electron chi connectivity index (χ4n) is 1.01. The number of hydrogen-bond acceptors (Lipinski definition) is 1. The Bertz CT molecular complexity index is 378. The van der Waals surface area contributed by atoms with Gasteiger partial charge in [0, 0.05) is 23.6 Å². The molecule has 0 aliphatic rings. The van der Waals surface area contributed by atoms with Gasteiger partial charge in [0.15, 0.2) is 0 Å². The van der Waals surface area contributed by atoms with Gasteiger partial charge in [-0.05, 0) is 12.1 Å². The van der Waals surface area contributed by atoms with Crippen molar-refractivity contribution in [2.24, 2.45) is 0 Å². The third-order valence-electron chi connectivity index (χ3n) is 1.62. The number of alkyl halides is 3. The van der Waals surface area contributed by atoms with Crippen molar-refractivity contribution in [2.75, 3.05) is 0 Å². The standard InChI is InChI=1S/C8H4Cl2F3NO/c9-14(10)7(15)5-3-1-2-4-6(5)8(11,12)13/h1-4H. The van der Waals surface area contributed by atoms with E-state index >= 15 is 0 Å². The first-order valence-electron chi connectivity index (χ1n) is 3.66. The van der Waals surface area contributed by atoms with E-state index in [-0.39, 0.29) is 3.94 Å². The van der Waals surface area contributed by atoms with Gasteiger partial charge in [0.05, 0.1) is 11.1 Å². The zero-order valence-electron chi connectivity index (χ0n) is 7.05. The summed E-state index contributed by atoms with van der Waals surface area (Å²) in [5.41, 5.74) is -1.66. The van der Waals surface area contributed by atoms with Crippen LogP contribution in [0.2, 0.25) is 0 Å². The van der Waals surface area contributed by atoms with Crippen molar-refractivity contribution in [1.82, 2.24) is 3.94 Å². The first kappa shape index (κ1) is 12.1. The molecule has 0 fully saturated rings. The quantitative estimate of drug-likeness (QED) is 0.706. The molecule has 0 saturated carbocycles. The maximum absolute atomic E-state index is 12.4. The van der Waals surface area contributed by atoms with Crippen LogP contribution in [0.1, 0.15) is 15.9 Å². The molecule has 1 aromatic carbocycles. The van der Waals surface area contributed by atoms with E-state index in [1.54, 1.807) is 0 Å². The van der Waals surface area contributed by atoms with Crippen molar-refractivity contribution in [1.29, 1.82) is 0 Å². The van der Waals surface area contributed by atoms with Crippen molar-refractivity contribution in [3.8, 4) is 0 Å². The number of carbonyl (C=O) groups is 1. The molecule has 0 spiro atoms. The third kappa shape index (κ3) is 2.76. The van der Waals surface area contributed by atoms with Gasteiger partial charge >= 0.3 is 6.18 Å². The van der Waals surface area contributed by atoms with Gasteiger partial charge in [-0.1, -0.05) is 12.1 Å². The molecule has 0 aliphatic heterocycles. The van der Waals surface area contributed by atoms with Crippen LogP contribution < -0.4 is 0 Å². The topological polar surface area (TPSA) is 20.3 Å². The molecule has 0 radical (unpaired) electrons. The van der Waals surface area contributed by atoms with Crippen LogP contribution in [-0.4, -0.2) is 9.85 Å². The van der Waals surface area contributed by atoms with Crippen LogP contribution >= 0.6 is 23.6 Å². The van der Waals surface area contributed by atoms with Gasteiger partial charge in [0.25, 0.3) is 5.91 Å². The van der Waals surface area contributed by atoms with Crippen LogP contribution in [0.25, 0.3) is 0 Å². The second kappa shape index (κ2) is 4.28. The molecule has 0 aliphatic carbocycles. The van der Waals surface area contributed by atoms with E-state index in [9.17, 15) is 18.0 Å². The second-order valence-corrected chi connectivity index (χ2v) is 3.43. The lowest BCUT2D eigenvalue weighted by molar-refractivity contribution is -0.137. The van der Waals surface area contributed by atoms with Crippen molar-refractivity contribution in [2.45, 2.75) is 6.18 Å². The number of amides is 1. The van der Waals surface area contributed by atoms with Crippen LogP contribution in [0.15, 0.2) is 24.3 Å². The zero-order chi connectivity index (χ0) is 11.6. The highest BCUT2D eigenvalue weighted by atomic mass is 35.5. The highest BCUT2D eigenvalue weighted by molar-refractivity contribution is 6.43. The molecular weight excluding hydrogens is 254 g/mol. The monoisotopic (exact) mass is 257 g/mol. The van der Waals surface area contributed by atoms with Crippen LogP contribution in [-0.2, 0) is 6.18 Å². The predicted octanol–water partition coefficient (Wildman–Crippen LogP) is 3.46. The normalized spacial score (nSPS) is 11.3. The van der Waals surface area contributed by atoms with E-state index in [1.807, 2.05) is 0 Å². The minimum Gasteiger partial charge on any atom is -0.266 e. The molecular formula is C8H4Cl2F3NO. The Morgan fingerprint density at radius 2 is 1.73 bits per heavy atom. The number of nitrogens with zero attached hydrogens (tertiary/aromatic N) is 1. The Morgan fingerprint density at radius 1 is 1.20 bits per heavy atom. The largest absolute Gasteiger partial charge is 0.417 e. The molecule has 0 atom stereocenters. The Hall–Kier alpha value is -0.940. The van der Waals surface area contributed by atoms with Crippen LogP contribution in [0, 0.1) is 0 Å². The van der Waals surface area contributed by atoms with Crippen molar-refractivity contribution < 1.29 is 18.0 Å². The average Bonchev–Trinajstić information content (AvgIpc) is 2.15. The smallest absolute Gasteiger partial charge is 0.266 e. The summed E-state index contributed by atoms with van der Waals surface area (Å²) in [7, 11) is 0. The number of benzene rings is 1. The maximum Gasteiger partial charge on any atom is 0.417 e. The van der Waals surface area contributed by atoms with Gasteiger partial charge in [0.1, 0.15) is 0 Å². The summed E-state index contributed by atoms with van der Waals surface area (Å²) in [6.45, 7) is 0. The zero-order valence-corrected chi connectivity index (χ0v) is 8.57. The third-order valence-corrected chi connectivity index (χ3v) is 1.92. The number of carbonyl (C=O) groups excluding carboxylic acids is 1. The predicted molar refractivity (Wildman–Crippen MR) is 49.3 cm³/mol. The molecule has 7 heteroatoms. The molecule has 0 bridgehead atoms. The molecule has 1 aromatic rings. The van der Waals surface area contributed by atoms with Gasteiger partial charge in [-0.25, -0.2) is 0 Å². The SMILES string of the molecule is O=C(c1ccccc1C(F)(F)F)N(Cl)Cl. The summed E-state index contributed by atoms with van der Waals surface area (Å²) in [6, 6.07) is 4.25. The van der Waals surface area contributed by atoms with Crippen LogP contribution in [0.4, 0.5) is 13.2 Å². The molecule has 0 N–H and O–H groups in total. The fraction of sp³-hybridized carbons (Fsp3) is 0.125. The molecule has 15 heavy (non-hydrogen) atoms. The minimum absolute atomic E-state index is 0.0601. The molecule has 2 nitrogen and oxygen atoms in total. The van der Waals surface area contributed by atoms with Crippen LogP contribution in [0.5, 0.6) is 0 Å². The van der Waals surface area contributed by atoms with Crippen molar-refractivity contribution >= 4 is 29.5 Å². The summed E-state index contributed by atoms with van der Waals surface area (Å²) >= 11 is 10.1. The lowest BCUT2D eigenvalue weighted by Crippen LogP contribution is -2.18. The highest BCUT2D eigenvalue weighted by Gasteiger charge is 2.35. The molecule has 0 heterocycles. The van der Waals surface area contributed by atoms with Crippen molar-refractivity contribution in [3.63, 3.8) is 0 Å². The van der Waals surface area contributed by atoms with E-state index in [1.165, 1.54) is 12.1 Å². The number of hydrogen-bond donors (Lipinski definition) is 0. The lowest BCUT2D eigenvalue weighted by atomic mass is 10.1. The van der Waals surface area contributed by atoms with Gasteiger partial charge in [-0.2, -0.15) is 17.1 Å². The lowest BCUT2D eigenvalue weighted by Gasteiger charge is -2.12. The molecule has 1 amide bonds. The first-order valence-corrected chi connectivity index (χ1v) is 4.34. The summed E-state index contributed by atoms with van der Waals surface area (Å²) < 4.78 is 37.3. The van der Waals surface area contributed by atoms with Gasteiger partial charge in [-0.3, -0.25) is 4.79 Å². The summed E-state index contributed by atoms with van der Waals surface area (Å²) in [4.78, 5) is 11.2. The van der Waals surface area contributed by atoms with Gasteiger partial charge in [0.2, 0.25) is 0 Å².